The summed E-state index contributed by atoms with van der Waals surface area (Å²) in [4.78, 5) is 4.53. The topological polar surface area (TPSA) is 48.1 Å². The summed E-state index contributed by atoms with van der Waals surface area (Å²) >= 11 is 7.56. The Hall–Kier alpha value is -0.680. The number of hydrogen-bond acceptors (Lipinski definition) is 4. The van der Waals surface area contributed by atoms with Gasteiger partial charge in [0.2, 0.25) is 0 Å². The third-order valence-corrected chi connectivity index (χ3v) is 3.93. The summed E-state index contributed by atoms with van der Waals surface area (Å²) in [5.74, 6) is 0. The normalized spacial score (nSPS) is 13.1. The average Bonchev–Trinajstić information content (AvgIpc) is 2.72. The molecule has 1 aromatic heterocycles. The van der Waals surface area contributed by atoms with Crippen LogP contribution in [0.2, 0.25) is 5.02 Å². The van der Waals surface area contributed by atoms with Crippen molar-refractivity contribution in [2.24, 2.45) is 5.73 Å². The van der Waals surface area contributed by atoms with Gasteiger partial charge in [-0.15, -0.1) is 11.3 Å². The molecule has 0 fully saturated rings. The van der Waals surface area contributed by atoms with E-state index in [-0.39, 0.29) is 6.04 Å². The smallest absolute Gasteiger partial charge is 0.111 e. The first-order chi connectivity index (χ1) is 8.20. The van der Waals surface area contributed by atoms with Crippen molar-refractivity contribution in [2.75, 3.05) is 13.7 Å². The van der Waals surface area contributed by atoms with Gasteiger partial charge < -0.3 is 10.5 Å². The molecule has 1 unspecified atom stereocenters. The van der Waals surface area contributed by atoms with Gasteiger partial charge >= 0.3 is 0 Å². The zero-order valence-corrected chi connectivity index (χ0v) is 11.2. The number of thiazole rings is 1. The van der Waals surface area contributed by atoms with Crippen molar-refractivity contribution in [3.8, 4) is 0 Å². The minimum Gasteiger partial charge on any atom is -0.385 e. The number of fused-ring (bicyclic) bond motifs is 1. The Morgan fingerprint density at radius 3 is 3.12 bits per heavy atom. The SMILES string of the molecule is COCCCC(N)c1nc2ccc(Cl)cc2s1. The van der Waals surface area contributed by atoms with E-state index in [1.54, 1.807) is 18.4 Å². The molecule has 1 aromatic carbocycles. The molecule has 0 aliphatic rings. The molecule has 0 bridgehead atoms. The molecule has 0 spiro atoms. The summed E-state index contributed by atoms with van der Waals surface area (Å²) in [6, 6.07) is 5.70. The largest absolute Gasteiger partial charge is 0.385 e. The molecule has 5 heteroatoms. The summed E-state index contributed by atoms with van der Waals surface area (Å²) in [6.45, 7) is 0.740. The van der Waals surface area contributed by atoms with Crippen LogP contribution in [0.25, 0.3) is 10.2 Å². The Bertz CT molecular complexity index is 500. The number of aromatic nitrogens is 1. The molecule has 92 valence electrons. The van der Waals surface area contributed by atoms with Crippen LogP contribution in [0.4, 0.5) is 0 Å². The van der Waals surface area contributed by atoms with Gasteiger partial charge in [-0.25, -0.2) is 4.98 Å². The van der Waals surface area contributed by atoms with Gasteiger partial charge in [0.05, 0.1) is 16.3 Å². The van der Waals surface area contributed by atoms with Crippen molar-refractivity contribution in [1.29, 1.82) is 0 Å². The summed E-state index contributed by atoms with van der Waals surface area (Å²) in [6.07, 6.45) is 1.84. The third-order valence-electron chi connectivity index (χ3n) is 2.55. The number of nitrogens with zero attached hydrogens (tertiary/aromatic N) is 1. The van der Waals surface area contributed by atoms with Gasteiger partial charge in [-0.2, -0.15) is 0 Å². The summed E-state index contributed by atoms with van der Waals surface area (Å²) in [5.41, 5.74) is 7.07. The van der Waals surface area contributed by atoms with E-state index in [4.69, 9.17) is 22.1 Å². The van der Waals surface area contributed by atoms with Crippen LogP contribution in [-0.2, 0) is 4.74 Å². The average molecular weight is 271 g/mol. The minimum absolute atomic E-state index is 0.0127. The second kappa shape index (κ2) is 5.78. The molecule has 0 aliphatic carbocycles. The molecule has 1 heterocycles. The van der Waals surface area contributed by atoms with Crippen molar-refractivity contribution in [3.05, 3.63) is 28.2 Å². The minimum atomic E-state index is -0.0127. The van der Waals surface area contributed by atoms with Gasteiger partial charge in [-0.05, 0) is 31.0 Å². The second-order valence-corrected chi connectivity index (χ2v) is 5.40. The lowest BCUT2D eigenvalue weighted by Crippen LogP contribution is -2.10. The van der Waals surface area contributed by atoms with Gasteiger partial charge in [-0.3, -0.25) is 0 Å². The highest BCUT2D eigenvalue weighted by Crippen LogP contribution is 2.29. The first-order valence-electron chi connectivity index (χ1n) is 5.51. The number of hydrogen-bond donors (Lipinski definition) is 1. The molecule has 0 saturated heterocycles. The van der Waals surface area contributed by atoms with Crippen molar-refractivity contribution in [3.63, 3.8) is 0 Å². The number of benzene rings is 1. The molecule has 0 amide bonds. The third kappa shape index (κ3) is 3.16. The summed E-state index contributed by atoms with van der Waals surface area (Å²) in [7, 11) is 1.70. The summed E-state index contributed by atoms with van der Waals surface area (Å²) in [5, 5.41) is 1.71. The maximum atomic E-state index is 6.10. The van der Waals surface area contributed by atoms with E-state index in [0.29, 0.717) is 0 Å². The van der Waals surface area contributed by atoms with Gasteiger partial charge in [0.25, 0.3) is 0 Å². The zero-order valence-electron chi connectivity index (χ0n) is 9.65. The van der Waals surface area contributed by atoms with E-state index in [1.165, 1.54) is 0 Å². The van der Waals surface area contributed by atoms with Gasteiger partial charge in [0.15, 0.2) is 0 Å². The van der Waals surface area contributed by atoms with Crippen LogP contribution in [0.1, 0.15) is 23.9 Å². The van der Waals surface area contributed by atoms with Crippen LogP contribution < -0.4 is 5.73 Å². The summed E-state index contributed by atoms with van der Waals surface area (Å²) < 4.78 is 6.11. The zero-order chi connectivity index (χ0) is 12.3. The number of rotatable bonds is 5. The molecule has 1 atom stereocenters. The highest BCUT2D eigenvalue weighted by Gasteiger charge is 2.11. The predicted octanol–water partition coefficient (Wildman–Crippen LogP) is 3.38. The molecule has 3 nitrogen and oxygen atoms in total. The van der Waals surface area contributed by atoms with Crippen LogP contribution in [0, 0.1) is 0 Å². The standard InChI is InChI=1S/C12H15ClN2OS/c1-16-6-2-3-9(14)12-15-10-5-4-8(13)7-11(10)17-12/h4-5,7,9H,2-3,6,14H2,1H3. The second-order valence-electron chi connectivity index (χ2n) is 3.91. The fraction of sp³-hybridized carbons (Fsp3) is 0.417. The van der Waals surface area contributed by atoms with E-state index >= 15 is 0 Å². The van der Waals surface area contributed by atoms with Gasteiger partial charge in [0.1, 0.15) is 5.01 Å². The predicted molar refractivity (Wildman–Crippen MR) is 72.7 cm³/mol. The van der Waals surface area contributed by atoms with E-state index in [9.17, 15) is 0 Å². The first kappa shape index (κ1) is 12.8. The van der Waals surface area contributed by atoms with Crippen LogP contribution in [0.15, 0.2) is 18.2 Å². The van der Waals surface area contributed by atoms with Crippen LogP contribution in [0.5, 0.6) is 0 Å². The monoisotopic (exact) mass is 270 g/mol. The molecule has 2 aromatic rings. The Morgan fingerprint density at radius 2 is 2.35 bits per heavy atom. The van der Waals surface area contributed by atoms with Crippen molar-refractivity contribution >= 4 is 33.2 Å². The van der Waals surface area contributed by atoms with Crippen LogP contribution in [0.3, 0.4) is 0 Å². The van der Waals surface area contributed by atoms with E-state index in [1.807, 2.05) is 18.2 Å². The molecule has 2 N–H and O–H groups in total. The van der Waals surface area contributed by atoms with Gasteiger partial charge in [-0.1, -0.05) is 11.6 Å². The van der Waals surface area contributed by atoms with E-state index < -0.39 is 0 Å². The number of nitrogens with two attached hydrogens (primary N) is 1. The molecule has 0 saturated carbocycles. The number of halogens is 1. The van der Waals surface area contributed by atoms with Gasteiger partial charge in [0, 0.05) is 18.7 Å². The van der Waals surface area contributed by atoms with E-state index in [0.717, 1.165) is 39.7 Å². The fourth-order valence-corrected chi connectivity index (χ4v) is 2.93. The van der Waals surface area contributed by atoms with Crippen molar-refractivity contribution in [1.82, 2.24) is 4.98 Å². The number of ether oxygens (including phenoxy) is 1. The lowest BCUT2D eigenvalue weighted by atomic mass is 10.2. The fourth-order valence-electron chi connectivity index (χ4n) is 1.65. The number of methoxy groups -OCH3 is 1. The highest BCUT2D eigenvalue weighted by atomic mass is 35.5. The molecule has 0 aliphatic heterocycles. The Kier molecular flexibility index (Phi) is 4.34. The van der Waals surface area contributed by atoms with Crippen LogP contribution >= 0.6 is 22.9 Å². The van der Waals surface area contributed by atoms with E-state index in [2.05, 4.69) is 4.98 Å². The highest BCUT2D eigenvalue weighted by molar-refractivity contribution is 7.18. The molecule has 17 heavy (non-hydrogen) atoms. The first-order valence-corrected chi connectivity index (χ1v) is 6.70. The van der Waals surface area contributed by atoms with Crippen molar-refractivity contribution < 1.29 is 4.74 Å². The molecule has 2 rings (SSSR count). The maximum absolute atomic E-state index is 6.10. The quantitative estimate of drug-likeness (QED) is 0.848. The molecular formula is C12H15ClN2OS. The van der Waals surface area contributed by atoms with Crippen LogP contribution in [-0.4, -0.2) is 18.7 Å². The van der Waals surface area contributed by atoms with Crippen molar-refractivity contribution in [2.45, 2.75) is 18.9 Å². The molecule has 0 radical (unpaired) electrons. The Morgan fingerprint density at radius 1 is 1.53 bits per heavy atom. The molecular weight excluding hydrogens is 256 g/mol. The lowest BCUT2D eigenvalue weighted by molar-refractivity contribution is 0.190. The maximum Gasteiger partial charge on any atom is 0.111 e. The Balaban J connectivity index is 2.12. The lowest BCUT2D eigenvalue weighted by Gasteiger charge is -2.06. The Labute approximate surface area is 110 Å².